The number of carbonyl (C=O) groups excluding carboxylic acids is 1. The van der Waals surface area contributed by atoms with E-state index in [2.05, 4.69) is 11.2 Å². The quantitative estimate of drug-likeness (QED) is 0.444. The summed E-state index contributed by atoms with van der Waals surface area (Å²) in [5.74, 6) is 2.15. The lowest BCUT2D eigenvalue weighted by Gasteiger charge is -2.23. The zero-order valence-corrected chi connectivity index (χ0v) is 9.37. The molecule has 0 saturated carbocycles. The van der Waals surface area contributed by atoms with E-state index in [0.717, 1.165) is 4.88 Å². The molecule has 3 nitrogen and oxygen atoms in total. The molecule has 1 saturated heterocycles. The van der Waals surface area contributed by atoms with Crippen molar-refractivity contribution >= 4 is 40.3 Å². The fourth-order valence-corrected chi connectivity index (χ4v) is 2.71. The molecule has 5 heteroatoms. The van der Waals surface area contributed by atoms with Gasteiger partial charge in [-0.3, -0.25) is 10.2 Å². The van der Waals surface area contributed by atoms with Gasteiger partial charge in [0.25, 0.3) is 0 Å². The van der Waals surface area contributed by atoms with Gasteiger partial charge in [0.1, 0.15) is 4.99 Å². The van der Waals surface area contributed by atoms with Crippen molar-refractivity contribution in [3.8, 4) is 0 Å². The fraction of sp³-hybridized carbons (Fsp3) is 0.200. The van der Waals surface area contributed by atoms with Crippen LogP contribution < -0.4 is 5.32 Å². The van der Waals surface area contributed by atoms with Crippen molar-refractivity contribution in [3.05, 3.63) is 28.0 Å². The fourth-order valence-electron chi connectivity index (χ4n) is 1.57. The zero-order valence-electron chi connectivity index (χ0n) is 7.74. The van der Waals surface area contributed by atoms with Gasteiger partial charge in [0.2, 0.25) is 5.91 Å². The highest BCUT2D eigenvalue weighted by Gasteiger charge is 2.29. The lowest BCUT2D eigenvalue weighted by atomic mass is 9.91. The van der Waals surface area contributed by atoms with E-state index in [9.17, 15) is 4.79 Å². The zero-order chi connectivity index (χ0) is 10.8. The second-order valence-electron chi connectivity index (χ2n) is 3.19. The Morgan fingerprint density at radius 2 is 2.47 bits per heavy atom. The standard InChI is InChI=1S/C10H8N2OS2/c11-5-7-6(8-2-1-3-15-8)4-9(13)12-10(7)14/h1-3,6,11H,4H2,(H,12,13,14). The minimum Gasteiger partial charge on any atom is -0.316 e. The van der Waals surface area contributed by atoms with Gasteiger partial charge in [-0.15, -0.1) is 11.3 Å². The largest absolute Gasteiger partial charge is 0.316 e. The van der Waals surface area contributed by atoms with E-state index in [1.54, 1.807) is 11.3 Å². The Bertz CT molecular complexity index is 458. The van der Waals surface area contributed by atoms with E-state index < -0.39 is 0 Å². The highest BCUT2D eigenvalue weighted by atomic mass is 32.1. The first kappa shape index (κ1) is 10.2. The number of carbonyl (C=O) groups is 1. The van der Waals surface area contributed by atoms with Gasteiger partial charge >= 0.3 is 0 Å². The number of piperidine rings is 1. The number of rotatable bonds is 1. The Morgan fingerprint density at radius 1 is 1.67 bits per heavy atom. The molecule has 1 fully saturated rings. The third kappa shape index (κ3) is 1.90. The Kier molecular flexibility index (Phi) is 2.77. The first-order chi connectivity index (χ1) is 7.22. The Hall–Kier alpha value is -1.29. The highest BCUT2D eigenvalue weighted by molar-refractivity contribution is 7.80. The Labute approximate surface area is 96.3 Å². The molecule has 1 aliphatic rings. The van der Waals surface area contributed by atoms with Crippen LogP contribution in [0, 0.1) is 5.41 Å². The van der Waals surface area contributed by atoms with Crippen LogP contribution in [0.25, 0.3) is 0 Å². The van der Waals surface area contributed by atoms with Gasteiger partial charge in [0.05, 0.1) is 5.57 Å². The first-order valence-electron chi connectivity index (χ1n) is 4.39. The van der Waals surface area contributed by atoms with Crippen molar-refractivity contribution in [2.75, 3.05) is 0 Å². The normalized spacial score (nSPS) is 21.1. The molecule has 1 aromatic rings. The summed E-state index contributed by atoms with van der Waals surface area (Å²) in [5, 5.41) is 11.7. The van der Waals surface area contributed by atoms with Crippen molar-refractivity contribution in [2.45, 2.75) is 12.3 Å². The summed E-state index contributed by atoms with van der Waals surface area (Å²) in [7, 11) is 0. The Balaban J connectivity index is 2.40. The molecular weight excluding hydrogens is 228 g/mol. The summed E-state index contributed by atoms with van der Waals surface area (Å²) in [6.07, 6.45) is 0.349. The van der Waals surface area contributed by atoms with Gasteiger partial charge in [-0.2, -0.15) is 0 Å². The van der Waals surface area contributed by atoms with E-state index in [4.69, 9.17) is 17.6 Å². The van der Waals surface area contributed by atoms with Crippen LogP contribution in [0.2, 0.25) is 0 Å². The van der Waals surface area contributed by atoms with Crippen LogP contribution in [-0.4, -0.2) is 16.8 Å². The third-order valence-corrected chi connectivity index (χ3v) is 3.56. The predicted molar refractivity (Wildman–Crippen MR) is 63.7 cm³/mol. The van der Waals surface area contributed by atoms with Crippen LogP contribution in [0.4, 0.5) is 0 Å². The lowest BCUT2D eigenvalue weighted by Crippen LogP contribution is -2.38. The number of thiocarbonyl (C=S) groups is 1. The van der Waals surface area contributed by atoms with Gasteiger partial charge in [-0.1, -0.05) is 18.3 Å². The molecule has 1 aliphatic heterocycles. The minimum atomic E-state index is -0.0938. The predicted octanol–water partition coefficient (Wildman–Crippen LogP) is 1.85. The molecule has 1 amide bonds. The maximum atomic E-state index is 11.3. The molecular formula is C10H8N2OS2. The van der Waals surface area contributed by atoms with Crippen molar-refractivity contribution in [1.29, 1.82) is 5.41 Å². The number of nitrogens with one attached hydrogen (secondary N) is 2. The first-order valence-corrected chi connectivity index (χ1v) is 5.68. The smallest absolute Gasteiger partial charge is 0.226 e. The topological polar surface area (TPSA) is 53.0 Å². The summed E-state index contributed by atoms with van der Waals surface area (Å²) in [4.78, 5) is 12.7. The van der Waals surface area contributed by atoms with Gasteiger partial charge < -0.3 is 5.32 Å². The highest BCUT2D eigenvalue weighted by Crippen LogP contribution is 2.32. The molecule has 15 heavy (non-hydrogen) atoms. The number of hydrogen-bond acceptors (Lipinski definition) is 4. The summed E-state index contributed by atoms with van der Waals surface area (Å²) < 4.78 is 0. The van der Waals surface area contributed by atoms with E-state index in [0.29, 0.717) is 17.0 Å². The lowest BCUT2D eigenvalue weighted by molar-refractivity contribution is -0.120. The second kappa shape index (κ2) is 4.06. The molecule has 0 spiro atoms. The van der Waals surface area contributed by atoms with E-state index in [-0.39, 0.29) is 11.8 Å². The van der Waals surface area contributed by atoms with Crippen molar-refractivity contribution in [1.82, 2.24) is 5.32 Å². The van der Waals surface area contributed by atoms with Crippen LogP contribution in [-0.2, 0) is 4.79 Å². The van der Waals surface area contributed by atoms with E-state index >= 15 is 0 Å². The molecule has 1 aromatic heterocycles. The monoisotopic (exact) mass is 236 g/mol. The van der Waals surface area contributed by atoms with Crippen LogP contribution in [0.15, 0.2) is 23.1 Å². The van der Waals surface area contributed by atoms with Gasteiger partial charge in [-0.05, 0) is 17.3 Å². The van der Waals surface area contributed by atoms with Crippen LogP contribution >= 0.6 is 23.6 Å². The average molecular weight is 236 g/mol. The molecule has 2 N–H and O–H groups in total. The molecule has 2 heterocycles. The van der Waals surface area contributed by atoms with Crippen molar-refractivity contribution in [2.24, 2.45) is 0 Å². The van der Waals surface area contributed by atoms with Crippen molar-refractivity contribution < 1.29 is 4.79 Å². The molecule has 2 rings (SSSR count). The summed E-state index contributed by atoms with van der Waals surface area (Å²) in [6.45, 7) is 0. The van der Waals surface area contributed by atoms with Gasteiger partial charge in [0, 0.05) is 17.2 Å². The summed E-state index contributed by atoms with van der Waals surface area (Å²) in [5.41, 5.74) is 0.604. The van der Waals surface area contributed by atoms with Crippen LogP contribution in [0.1, 0.15) is 17.2 Å². The van der Waals surface area contributed by atoms with Crippen LogP contribution in [0.5, 0.6) is 0 Å². The molecule has 0 aromatic carbocycles. The number of hydrogen-bond donors (Lipinski definition) is 2. The average Bonchev–Trinajstić information content (AvgIpc) is 2.69. The molecule has 1 atom stereocenters. The van der Waals surface area contributed by atoms with Gasteiger partial charge in [-0.25, -0.2) is 0 Å². The van der Waals surface area contributed by atoms with E-state index in [1.165, 1.54) is 0 Å². The van der Waals surface area contributed by atoms with E-state index in [1.807, 2.05) is 17.5 Å². The minimum absolute atomic E-state index is 0.0857. The van der Waals surface area contributed by atoms with Gasteiger partial charge in [0.15, 0.2) is 0 Å². The molecule has 0 aliphatic carbocycles. The maximum absolute atomic E-state index is 11.3. The summed E-state index contributed by atoms with van der Waals surface area (Å²) >= 11 is 6.58. The van der Waals surface area contributed by atoms with Crippen LogP contribution in [0.3, 0.4) is 0 Å². The number of thiophene rings is 1. The summed E-state index contributed by atoms with van der Waals surface area (Å²) in [6, 6.07) is 3.88. The second-order valence-corrected chi connectivity index (χ2v) is 4.58. The number of amides is 1. The third-order valence-electron chi connectivity index (χ3n) is 2.26. The Morgan fingerprint density at radius 3 is 3.07 bits per heavy atom. The SMILES string of the molecule is N=C=C1C(=S)NC(=O)CC1c1cccs1. The molecule has 0 radical (unpaired) electrons. The van der Waals surface area contributed by atoms with Crippen molar-refractivity contribution in [3.63, 3.8) is 0 Å². The molecule has 0 bridgehead atoms. The molecule has 76 valence electrons. The molecule has 1 unspecified atom stereocenters. The maximum Gasteiger partial charge on any atom is 0.226 e.